The Morgan fingerprint density at radius 3 is 3.05 bits per heavy atom. The molecule has 2 rings (SSSR count). The van der Waals surface area contributed by atoms with Gasteiger partial charge in [-0.1, -0.05) is 6.07 Å². The number of ether oxygens (including phenoxy) is 2. The van der Waals surface area contributed by atoms with Crippen molar-refractivity contribution in [3.05, 3.63) is 30.1 Å². The average molecular weight is 278 g/mol. The number of pyridine rings is 1. The van der Waals surface area contributed by atoms with E-state index in [1.165, 1.54) is 12.0 Å². The standard InChI is InChI=1S/C14H18N2O4/c1-19-14(18)12-10-20-9-8-16(12)13(17)6-5-11-4-2-3-7-15-11/h2-4,7,12H,5-6,8-10H2,1H3. The summed E-state index contributed by atoms with van der Waals surface area (Å²) in [5.74, 6) is -0.509. The predicted octanol–water partition coefficient (Wildman–Crippen LogP) is 0.415. The van der Waals surface area contributed by atoms with E-state index in [0.717, 1.165) is 5.69 Å². The van der Waals surface area contributed by atoms with Crippen LogP contribution >= 0.6 is 0 Å². The Morgan fingerprint density at radius 2 is 2.35 bits per heavy atom. The first-order valence-electron chi connectivity index (χ1n) is 6.57. The van der Waals surface area contributed by atoms with Crippen LogP contribution in [0.4, 0.5) is 0 Å². The normalized spacial score (nSPS) is 18.6. The lowest BCUT2D eigenvalue weighted by Crippen LogP contribution is -2.53. The van der Waals surface area contributed by atoms with Gasteiger partial charge in [-0.3, -0.25) is 9.78 Å². The third kappa shape index (κ3) is 3.54. The molecule has 1 aromatic rings. The summed E-state index contributed by atoms with van der Waals surface area (Å²) >= 11 is 0. The van der Waals surface area contributed by atoms with Crippen LogP contribution in [0.5, 0.6) is 0 Å². The van der Waals surface area contributed by atoms with Crippen LogP contribution in [-0.4, -0.2) is 54.7 Å². The fraction of sp³-hybridized carbons (Fsp3) is 0.500. The van der Waals surface area contributed by atoms with Crippen molar-refractivity contribution in [3.8, 4) is 0 Å². The molecule has 0 bridgehead atoms. The number of methoxy groups -OCH3 is 1. The lowest BCUT2D eigenvalue weighted by Gasteiger charge is -2.33. The lowest BCUT2D eigenvalue weighted by atomic mass is 10.1. The van der Waals surface area contributed by atoms with Crippen molar-refractivity contribution in [1.29, 1.82) is 0 Å². The highest BCUT2D eigenvalue weighted by Crippen LogP contribution is 2.11. The molecular formula is C14H18N2O4. The highest BCUT2D eigenvalue weighted by molar-refractivity contribution is 5.85. The Balaban J connectivity index is 1.94. The van der Waals surface area contributed by atoms with Crippen molar-refractivity contribution in [1.82, 2.24) is 9.88 Å². The van der Waals surface area contributed by atoms with E-state index in [9.17, 15) is 9.59 Å². The molecule has 108 valence electrons. The van der Waals surface area contributed by atoms with Crippen LogP contribution in [0.25, 0.3) is 0 Å². The van der Waals surface area contributed by atoms with Crippen LogP contribution < -0.4 is 0 Å². The van der Waals surface area contributed by atoms with Crippen LogP contribution in [0.3, 0.4) is 0 Å². The van der Waals surface area contributed by atoms with Crippen molar-refractivity contribution in [2.24, 2.45) is 0 Å². The summed E-state index contributed by atoms with van der Waals surface area (Å²) in [5, 5.41) is 0. The van der Waals surface area contributed by atoms with Gasteiger partial charge in [-0.2, -0.15) is 0 Å². The van der Waals surface area contributed by atoms with Crippen molar-refractivity contribution in [2.75, 3.05) is 26.9 Å². The van der Waals surface area contributed by atoms with Crippen LogP contribution in [-0.2, 0) is 25.5 Å². The Bertz CT molecular complexity index is 464. The molecule has 0 N–H and O–H groups in total. The fourth-order valence-electron chi connectivity index (χ4n) is 2.16. The number of amides is 1. The number of carbonyl (C=O) groups excluding carboxylic acids is 2. The summed E-state index contributed by atoms with van der Waals surface area (Å²) in [6.45, 7) is 1.06. The Morgan fingerprint density at radius 1 is 1.50 bits per heavy atom. The van der Waals surface area contributed by atoms with Gasteiger partial charge in [0.25, 0.3) is 0 Å². The maximum absolute atomic E-state index is 12.2. The van der Waals surface area contributed by atoms with E-state index in [-0.39, 0.29) is 12.5 Å². The third-order valence-electron chi connectivity index (χ3n) is 3.24. The van der Waals surface area contributed by atoms with E-state index < -0.39 is 12.0 Å². The molecule has 1 unspecified atom stereocenters. The fourth-order valence-corrected chi connectivity index (χ4v) is 2.16. The first-order valence-corrected chi connectivity index (χ1v) is 6.57. The SMILES string of the molecule is COC(=O)C1COCCN1C(=O)CCc1ccccn1. The van der Waals surface area contributed by atoms with E-state index in [1.54, 1.807) is 6.20 Å². The molecule has 0 saturated carbocycles. The highest BCUT2D eigenvalue weighted by atomic mass is 16.5. The number of hydrogen-bond donors (Lipinski definition) is 0. The maximum atomic E-state index is 12.2. The number of carbonyl (C=O) groups is 2. The zero-order valence-electron chi connectivity index (χ0n) is 11.4. The molecular weight excluding hydrogens is 260 g/mol. The molecule has 1 aliphatic rings. The Labute approximate surface area is 117 Å². The summed E-state index contributed by atoms with van der Waals surface area (Å²) in [4.78, 5) is 29.6. The molecule has 1 aromatic heterocycles. The second kappa shape index (κ2) is 7.00. The zero-order chi connectivity index (χ0) is 14.4. The van der Waals surface area contributed by atoms with Crippen molar-refractivity contribution < 1.29 is 19.1 Å². The maximum Gasteiger partial charge on any atom is 0.331 e. The molecule has 1 fully saturated rings. The quantitative estimate of drug-likeness (QED) is 0.746. The number of morpholine rings is 1. The molecule has 0 spiro atoms. The molecule has 1 aliphatic heterocycles. The molecule has 1 saturated heterocycles. The molecule has 1 amide bonds. The van der Waals surface area contributed by atoms with E-state index in [0.29, 0.717) is 26.0 Å². The van der Waals surface area contributed by atoms with Crippen molar-refractivity contribution in [3.63, 3.8) is 0 Å². The molecule has 20 heavy (non-hydrogen) atoms. The monoisotopic (exact) mass is 278 g/mol. The van der Waals surface area contributed by atoms with Gasteiger partial charge in [0, 0.05) is 24.9 Å². The average Bonchev–Trinajstić information content (AvgIpc) is 2.52. The molecule has 1 atom stereocenters. The summed E-state index contributed by atoms with van der Waals surface area (Å²) in [5.41, 5.74) is 0.865. The van der Waals surface area contributed by atoms with Crippen LogP contribution in [0, 0.1) is 0 Å². The summed E-state index contributed by atoms with van der Waals surface area (Å²) in [6.07, 6.45) is 2.58. The van der Waals surface area contributed by atoms with Crippen LogP contribution in [0.1, 0.15) is 12.1 Å². The Hall–Kier alpha value is -1.95. The van der Waals surface area contributed by atoms with Gasteiger partial charge in [-0.05, 0) is 18.6 Å². The van der Waals surface area contributed by atoms with Gasteiger partial charge >= 0.3 is 5.97 Å². The number of nitrogens with zero attached hydrogens (tertiary/aromatic N) is 2. The van der Waals surface area contributed by atoms with Gasteiger partial charge in [0.15, 0.2) is 6.04 Å². The minimum atomic E-state index is -0.634. The first-order chi connectivity index (χ1) is 9.72. The van der Waals surface area contributed by atoms with Gasteiger partial charge in [-0.25, -0.2) is 4.79 Å². The summed E-state index contributed by atoms with van der Waals surface area (Å²) in [6, 6.07) is 4.97. The zero-order valence-corrected chi connectivity index (χ0v) is 11.4. The molecule has 6 nitrogen and oxygen atoms in total. The third-order valence-corrected chi connectivity index (χ3v) is 3.24. The van der Waals surface area contributed by atoms with Crippen LogP contribution in [0.2, 0.25) is 0 Å². The van der Waals surface area contributed by atoms with E-state index in [2.05, 4.69) is 4.98 Å². The number of esters is 1. The van der Waals surface area contributed by atoms with Crippen molar-refractivity contribution in [2.45, 2.75) is 18.9 Å². The topological polar surface area (TPSA) is 68.7 Å². The molecule has 6 heteroatoms. The van der Waals surface area contributed by atoms with Gasteiger partial charge in [-0.15, -0.1) is 0 Å². The predicted molar refractivity (Wildman–Crippen MR) is 70.9 cm³/mol. The first kappa shape index (κ1) is 14.5. The number of aromatic nitrogens is 1. The van der Waals surface area contributed by atoms with Gasteiger partial charge in [0.2, 0.25) is 5.91 Å². The number of hydrogen-bond acceptors (Lipinski definition) is 5. The highest BCUT2D eigenvalue weighted by Gasteiger charge is 2.33. The molecule has 0 radical (unpaired) electrons. The minimum absolute atomic E-state index is 0.0747. The van der Waals surface area contributed by atoms with E-state index in [1.807, 2.05) is 18.2 Å². The molecule has 0 aliphatic carbocycles. The van der Waals surface area contributed by atoms with Crippen LogP contribution in [0.15, 0.2) is 24.4 Å². The minimum Gasteiger partial charge on any atom is -0.467 e. The molecule has 0 aromatic carbocycles. The molecule has 2 heterocycles. The summed E-state index contributed by atoms with van der Waals surface area (Å²) < 4.78 is 9.95. The summed E-state index contributed by atoms with van der Waals surface area (Å²) in [7, 11) is 1.31. The lowest BCUT2D eigenvalue weighted by molar-refractivity contribution is -0.160. The second-order valence-corrected chi connectivity index (χ2v) is 4.52. The smallest absolute Gasteiger partial charge is 0.331 e. The number of rotatable bonds is 4. The van der Waals surface area contributed by atoms with Gasteiger partial charge < -0.3 is 14.4 Å². The van der Waals surface area contributed by atoms with E-state index >= 15 is 0 Å². The second-order valence-electron chi connectivity index (χ2n) is 4.52. The van der Waals surface area contributed by atoms with Gasteiger partial charge in [0.05, 0.1) is 20.3 Å². The largest absolute Gasteiger partial charge is 0.467 e. The Kier molecular flexibility index (Phi) is 5.06. The van der Waals surface area contributed by atoms with Crippen molar-refractivity contribution >= 4 is 11.9 Å². The number of aryl methyl sites for hydroxylation is 1. The van der Waals surface area contributed by atoms with Gasteiger partial charge in [0.1, 0.15) is 0 Å². The van der Waals surface area contributed by atoms with E-state index in [4.69, 9.17) is 9.47 Å².